The van der Waals surface area contributed by atoms with Crippen molar-refractivity contribution in [3.8, 4) is 0 Å². The van der Waals surface area contributed by atoms with Crippen molar-refractivity contribution in [1.82, 2.24) is 5.32 Å². The Morgan fingerprint density at radius 1 is 1.35 bits per heavy atom. The molecule has 1 aromatic rings. The second-order valence-electron chi connectivity index (χ2n) is 5.96. The fraction of sp³-hybridized carbons (Fsp3) is 0.625. The normalized spacial score (nSPS) is 30.4. The van der Waals surface area contributed by atoms with Gasteiger partial charge in [0.1, 0.15) is 5.82 Å². The van der Waals surface area contributed by atoms with Gasteiger partial charge in [0, 0.05) is 18.6 Å². The van der Waals surface area contributed by atoms with Gasteiger partial charge in [-0.05, 0) is 43.4 Å². The molecule has 1 aliphatic heterocycles. The lowest BCUT2D eigenvalue weighted by molar-refractivity contribution is 0.0559. The topological polar surface area (TPSA) is 33.3 Å². The van der Waals surface area contributed by atoms with Crippen molar-refractivity contribution in [3.63, 3.8) is 0 Å². The van der Waals surface area contributed by atoms with Gasteiger partial charge in [0.25, 0.3) is 0 Å². The van der Waals surface area contributed by atoms with Gasteiger partial charge in [-0.2, -0.15) is 0 Å². The minimum Gasteiger partial charge on any atom is -0.380 e. The Morgan fingerprint density at radius 2 is 2.25 bits per heavy atom. The van der Waals surface area contributed by atoms with Crippen molar-refractivity contribution in [3.05, 3.63) is 29.6 Å². The van der Waals surface area contributed by atoms with Crippen molar-refractivity contribution in [2.24, 2.45) is 5.92 Å². The van der Waals surface area contributed by atoms with Gasteiger partial charge in [0.05, 0.1) is 18.9 Å². The molecule has 0 amide bonds. The molecule has 20 heavy (non-hydrogen) atoms. The number of ether oxygens (including phenoxy) is 1. The van der Waals surface area contributed by atoms with E-state index in [0.29, 0.717) is 23.7 Å². The van der Waals surface area contributed by atoms with E-state index < -0.39 is 0 Å². The van der Waals surface area contributed by atoms with Crippen molar-refractivity contribution in [2.45, 2.75) is 38.3 Å². The molecule has 3 atom stereocenters. The van der Waals surface area contributed by atoms with E-state index in [0.717, 1.165) is 31.7 Å². The van der Waals surface area contributed by atoms with E-state index in [2.05, 4.69) is 10.6 Å². The van der Waals surface area contributed by atoms with Gasteiger partial charge in [-0.25, -0.2) is 4.39 Å². The predicted octanol–water partition coefficient (Wildman–Crippen LogP) is 2.70. The molecule has 1 saturated heterocycles. The van der Waals surface area contributed by atoms with Gasteiger partial charge in [0.2, 0.25) is 0 Å². The van der Waals surface area contributed by atoms with Crippen molar-refractivity contribution < 1.29 is 9.13 Å². The lowest BCUT2D eigenvalue weighted by Crippen LogP contribution is -2.49. The molecule has 3 rings (SSSR count). The highest BCUT2D eigenvalue weighted by molar-refractivity contribution is 5.48. The van der Waals surface area contributed by atoms with Crippen LogP contribution in [0.1, 0.15) is 24.8 Å². The molecule has 3 unspecified atom stereocenters. The van der Waals surface area contributed by atoms with E-state index in [1.165, 1.54) is 12.8 Å². The number of anilines is 1. The fourth-order valence-corrected chi connectivity index (χ4v) is 3.46. The minimum atomic E-state index is -0.158. The Morgan fingerprint density at radius 3 is 3.05 bits per heavy atom. The zero-order valence-electron chi connectivity index (χ0n) is 12.0. The van der Waals surface area contributed by atoms with Gasteiger partial charge in [-0.3, -0.25) is 0 Å². The van der Waals surface area contributed by atoms with Crippen LogP contribution >= 0.6 is 0 Å². The van der Waals surface area contributed by atoms with Crippen LogP contribution in [0, 0.1) is 18.7 Å². The van der Waals surface area contributed by atoms with Gasteiger partial charge < -0.3 is 15.4 Å². The molecule has 2 aliphatic rings. The van der Waals surface area contributed by atoms with Crippen molar-refractivity contribution >= 4 is 5.69 Å². The number of benzene rings is 1. The fourth-order valence-electron chi connectivity index (χ4n) is 3.46. The SMILES string of the molecule is Cc1ccc(F)c(NC2CCCC2C2COCCN2)c1. The van der Waals surface area contributed by atoms with Crippen LogP contribution in [0.25, 0.3) is 0 Å². The molecule has 0 radical (unpaired) electrons. The van der Waals surface area contributed by atoms with E-state index >= 15 is 0 Å². The predicted molar refractivity (Wildman–Crippen MR) is 78.5 cm³/mol. The molecule has 1 aromatic carbocycles. The molecule has 1 saturated carbocycles. The third-order valence-corrected chi connectivity index (χ3v) is 4.50. The number of hydrogen-bond donors (Lipinski definition) is 2. The first kappa shape index (κ1) is 13.8. The van der Waals surface area contributed by atoms with Gasteiger partial charge >= 0.3 is 0 Å². The Labute approximate surface area is 119 Å². The molecule has 3 nitrogen and oxygen atoms in total. The summed E-state index contributed by atoms with van der Waals surface area (Å²) in [6, 6.07) is 5.99. The van der Waals surface area contributed by atoms with Gasteiger partial charge in [-0.15, -0.1) is 0 Å². The zero-order chi connectivity index (χ0) is 13.9. The highest BCUT2D eigenvalue weighted by Gasteiger charge is 2.34. The molecule has 1 heterocycles. The molecule has 0 spiro atoms. The van der Waals surface area contributed by atoms with Crippen LogP contribution in [0.15, 0.2) is 18.2 Å². The lowest BCUT2D eigenvalue weighted by atomic mass is 9.93. The first-order valence-electron chi connectivity index (χ1n) is 7.58. The summed E-state index contributed by atoms with van der Waals surface area (Å²) in [5, 5.41) is 6.97. The molecular formula is C16H23FN2O. The summed E-state index contributed by atoms with van der Waals surface area (Å²) >= 11 is 0. The van der Waals surface area contributed by atoms with Crippen LogP contribution in [0.3, 0.4) is 0 Å². The van der Waals surface area contributed by atoms with Crippen LogP contribution in [0.5, 0.6) is 0 Å². The molecule has 2 fully saturated rings. The summed E-state index contributed by atoms with van der Waals surface area (Å²) in [7, 11) is 0. The molecule has 110 valence electrons. The molecule has 0 aromatic heterocycles. The highest BCUT2D eigenvalue weighted by atomic mass is 19.1. The maximum absolute atomic E-state index is 13.9. The monoisotopic (exact) mass is 278 g/mol. The second-order valence-corrected chi connectivity index (χ2v) is 5.96. The smallest absolute Gasteiger partial charge is 0.146 e. The Hall–Kier alpha value is -1.13. The number of halogens is 1. The van der Waals surface area contributed by atoms with Crippen LogP contribution in [0.2, 0.25) is 0 Å². The lowest BCUT2D eigenvalue weighted by Gasteiger charge is -2.33. The Bertz CT molecular complexity index is 460. The summed E-state index contributed by atoms with van der Waals surface area (Å²) in [6.07, 6.45) is 3.50. The number of rotatable bonds is 3. The molecule has 1 aliphatic carbocycles. The summed E-state index contributed by atoms with van der Waals surface area (Å²) in [5.74, 6) is 0.365. The third-order valence-electron chi connectivity index (χ3n) is 4.50. The second kappa shape index (κ2) is 6.10. The first-order chi connectivity index (χ1) is 9.74. The standard InChI is InChI=1S/C16H23FN2O/c1-11-5-6-13(17)15(9-11)19-14-4-2-3-12(14)16-10-20-8-7-18-16/h5-6,9,12,14,16,18-19H,2-4,7-8,10H2,1H3. The summed E-state index contributed by atoms with van der Waals surface area (Å²) in [4.78, 5) is 0. The van der Waals surface area contributed by atoms with Gasteiger partial charge in [0.15, 0.2) is 0 Å². The quantitative estimate of drug-likeness (QED) is 0.892. The Balaban J connectivity index is 1.70. The number of nitrogens with one attached hydrogen (secondary N) is 2. The maximum Gasteiger partial charge on any atom is 0.146 e. The number of hydrogen-bond acceptors (Lipinski definition) is 3. The molecule has 0 bridgehead atoms. The molecule has 4 heteroatoms. The summed E-state index contributed by atoms with van der Waals surface area (Å²) < 4.78 is 19.5. The maximum atomic E-state index is 13.9. The van der Waals surface area contributed by atoms with E-state index in [9.17, 15) is 4.39 Å². The highest BCUT2D eigenvalue weighted by Crippen LogP contribution is 2.32. The number of aryl methyl sites for hydroxylation is 1. The Kier molecular flexibility index (Phi) is 4.22. The van der Waals surface area contributed by atoms with E-state index in [1.807, 2.05) is 19.1 Å². The summed E-state index contributed by atoms with van der Waals surface area (Å²) in [6.45, 7) is 4.49. The van der Waals surface area contributed by atoms with Crippen molar-refractivity contribution in [1.29, 1.82) is 0 Å². The third kappa shape index (κ3) is 2.96. The zero-order valence-corrected chi connectivity index (χ0v) is 12.0. The average Bonchev–Trinajstić information content (AvgIpc) is 2.92. The van der Waals surface area contributed by atoms with Crippen LogP contribution in [-0.4, -0.2) is 31.8 Å². The minimum absolute atomic E-state index is 0.158. The molecule has 2 N–H and O–H groups in total. The van der Waals surface area contributed by atoms with Crippen LogP contribution < -0.4 is 10.6 Å². The van der Waals surface area contributed by atoms with Crippen molar-refractivity contribution in [2.75, 3.05) is 25.1 Å². The van der Waals surface area contributed by atoms with Crippen LogP contribution in [-0.2, 0) is 4.74 Å². The van der Waals surface area contributed by atoms with Gasteiger partial charge in [-0.1, -0.05) is 12.5 Å². The van der Waals surface area contributed by atoms with E-state index in [4.69, 9.17) is 4.74 Å². The largest absolute Gasteiger partial charge is 0.380 e. The first-order valence-corrected chi connectivity index (χ1v) is 7.58. The molecular weight excluding hydrogens is 255 g/mol. The van der Waals surface area contributed by atoms with E-state index in [-0.39, 0.29) is 5.82 Å². The van der Waals surface area contributed by atoms with E-state index in [1.54, 1.807) is 6.07 Å². The van der Waals surface area contributed by atoms with Crippen LogP contribution in [0.4, 0.5) is 10.1 Å². The number of morpholine rings is 1. The average molecular weight is 278 g/mol. The summed E-state index contributed by atoms with van der Waals surface area (Å²) in [5.41, 5.74) is 1.72.